The second-order valence-electron chi connectivity index (χ2n) is 5.45. The Labute approximate surface area is 109 Å². The van der Waals surface area contributed by atoms with E-state index in [1.165, 1.54) is 4.90 Å². The summed E-state index contributed by atoms with van der Waals surface area (Å²) in [7, 11) is 1.69. The largest absolute Gasteiger partial charge is 0.352 e. The molecule has 0 saturated heterocycles. The Kier molecular flexibility index (Phi) is 5.59. The molecule has 0 bridgehead atoms. The predicted molar refractivity (Wildman–Crippen MR) is 70.8 cm³/mol. The van der Waals surface area contributed by atoms with Gasteiger partial charge in [-0.05, 0) is 39.2 Å². The molecular formula is C13H25N3O2. The first-order valence-corrected chi connectivity index (χ1v) is 6.70. The van der Waals surface area contributed by atoms with Crippen LogP contribution in [-0.2, 0) is 9.59 Å². The van der Waals surface area contributed by atoms with Crippen LogP contribution < -0.4 is 11.1 Å². The number of carbonyl (C=O) groups is 2. The van der Waals surface area contributed by atoms with Gasteiger partial charge in [-0.25, -0.2) is 0 Å². The highest BCUT2D eigenvalue weighted by Gasteiger charge is 2.34. The molecule has 0 aliphatic heterocycles. The average molecular weight is 255 g/mol. The monoisotopic (exact) mass is 255 g/mol. The number of hydrogen-bond donors (Lipinski definition) is 2. The second-order valence-corrected chi connectivity index (χ2v) is 5.45. The van der Waals surface area contributed by atoms with Crippen molar-refractivity contribution in [2.24, 2.45) is 17.6 Å². The number of nitrogens with zero attached hydrogens (tertiary/aromatic N) is 1. The molecular weight excluding hydrogens is 230 g/mol. The highest BCUT2D eigenvalue weighted by Crippen LogP contribution is 2.32. The van der Waals surface area contributed by atoms with Crippen molar-refractivity contribution in [3.05, 3.63) is 0 Å². The highest BCUT2D eigenvalue weighted by atomic mass is 16.2. The fourth-order valence-electron chi connectivity index (χ4n) is 2.59. The van der Waals surface area contributed by atoms with Crippen LogP contribution in [0.3, 0.4) is 0 Å². The Morgan fingerprint density at radius 3 is 2.61 bits per heavy atom. The Bertz CT molecular complexity index is 305. The number of amides is 2. The van der Waals surface area contributed by atoms with Crippen LogP contribution in [0.15, 0.2) is 0 Å². The smallest absolute Gasteiger partial charge is 0.239 e. The third-order valence-corrected chi connectivity index (χ3v) is 3.49. The summed E-state index contributed by atoms with van der Waals surface area (Å²) in [5, 5.41) is 2.79. The van der Waals surface area contributed by atoms with Crippen LogP contribution in [0.25, 0.3) is 0 Å². The van der Waals surface area contributed by atoms with Gasteiger partial charge < -0.3 is 16.0 Å². The van der Waals surface area contributed by atoms with E-state index in [9.17, 15) is 9.59 Å². The van der Waals surface area contributed by atoms with E-state index in [0.717, 1.165) is 19.3 Å². The summed E-state index contributed by atoms with van der Waals surface area (Å²) in [5.41, 5.74) is 5.68. The summed E-state index contributed by atoms with van der Waals surface area (Å²) in [6.07, 6.45) is 2.99. The molecule has 5 nitrogen and oxygen atoms in total. The average Bonchev–Trinajstić information content (AvgIpc) is 2.74. The number of nitrogens with two attached hydrogens (primary N) is 1. The van der Waals surface area contributed by atoms with Gasteiger partial charge in [0.25, 0.3) is 0 Å². The van der Waals surface area contributed by atoms with E-state index >= 15 is 0 Å². The number of likely N-dealkylation sites (N-methyl/N-ethyl adjacent to an activating group) is 1. The van der Waals surface area contributed by atoms with Gasteiger partial charge >= 0.3 is 0 Å². The third-order valence-electron chi connectivity index (χ3n) is 3.49. The Morgan fingerprint density at radius 1 is 1.39 bits per heavy atom. The van der Waals surface area contributed by atoms with Crippen LogP contribution in [0, 0.1) is 11.8 Å². The van der Waals surface area contributed by atoms with Gasteiger partial charge in [0.05, 0.1) is 6.54 Å². The lowest BCUT2D eigenvalue weighted by molar-refractivity contribution is -0.139. The Hall–Kier alpha value is -1.10. The van der Waals surface area contributed by atoms with Crippen molar-refractivity contribution in [1.29, 1.82) is 0 Å². The lowest BCUT2D eigenvalue weighted by Crippen LogP contribution is -2.44. The molecule has 2 amide bonds. The number of carbonyl (C=O) groups excluding carboxylic acids is 2. The SMILES string of the molecule is CC(C)NC(=O)CN(C)C(=O)[C@@H]1CCC[C@@H]1CN. The second kappa shape index (κ2) is 6.73. The summed E-state index contributed by atoms with van der Waals surface area (Å²) in [5.74, 6) is 0.241. The first-order chi connectivity index (χ1) is 8.45. The van der Waals surface area contributed by atoms with Crippen molar-refractivity contribution in [1.82, 2.24) is 10.2 Å². The van der Waals surface area contributed by atoms with Crippen LogP contribution in [0.5, 0.6) is 0 Å². The van der Waals surface area contributed by atoms with Crippen molar-refractivity contribution < 1.29 is 9.59 Å². The van der Waals surface area contributed by atoms with E-state index in [-0.39, 0.29) is 36.2 Å². The molecule has 1 saturated carbocycles. The zero-order chi connectivity index (χ0) is 13.7. The predicted octanol–water partition coefficient (Wildman–Crippen LogP) is 0.344. The van der Waals surface area contributed by atoms with Crippen LogP contribution in [0.2, 0.25) is 0 Å². The van der Waals surface area contributed by atoms with E-state index in [1.54, 1.807) is 7.05 Å². The summed E-state index contributed by atoms with van der Waals surface area (Å²) >= 11 is 0. The van der Waals surface area contributed by atoms with E-state index in [0.29, 0.717) is 6.54 Å². The van der Waals surface area contributed by atoms with Gasteiger partial charge in [-0.2, -0.15) is 0 Å². The molecule has 104 valence electrons. The normalized spacial score (nSPS) is 23.2. The molecule has 0 aromatic heterocycles. The fraction of sp³-hybridized carbons (Fsp3) is 0.846. The van der Waals surface area contributed by atoms with Gasteiger partial charge in [-0.1, -0.05) is 6.42 Å². The molecule has 0 spiro atoms. The molecule has 0 unspecified atom stereocenters. The lowest BCUT2D eigenvalue weighted by atomic mass is 9.95. The number of rotatable bonds is 5. The molecule has 3 N–H and O–H groups in total. The van der Waals surface area contributed by atoms with Crippen molar-refractivity contribution >= 4 is 11.8 Å². The van der Waals surface area contributed by atoms with Gasteiger partial charge in [-0.15, -0.1) is 0 Å². The first kappa shape index (κ1) is 15.0. The summed E-state index contributed by atoms with van der Waals surface area (Å²) in [6, 6.07) is 0.101. The van der Waals surface area contributed by atoms with E-state index < -0.39 is 0 Å². The quantitative estimate of drug-likeness (QED) is 0.744. The molecule has 0 aromatic rings. The topological polar surface area (TPSA) is 75.4 Å². The highest BCUT2D eigenvalue weighted by molar-refractivity contribution is 5.86. The van der Waals surface area contributed by atoms with Crippen LogP contribution in [0.4, 0.5) is 0 Å². The van der Waals surface area contributed by atoms with E-state index in [4.69, 9.17) is 5.73 Å². The van der Waals surface area contributed by atoms with Crippen molar-refractivity contribution in [2.75, 3.05) is 20.1 Å². The van der Waals surface area contributed by atoms with Gasteiger partial charge in [0, 0.05) is 19.0 Å². The zero-order valence-electron chi connectivity index (χ0n) is 11.6. The summed E-state index contributed by atoms with van der Waals surface area (Å²) < 4.78 is 0. The maximum Gasteiger partial charge on any atom is 0.239 e. The number of hydrogen-bond acceptors (Lipinski definition) is 3. The molecule has 1 aliphatic rings. The molecule has 1 rings (SSSR count). The lowest BCUT2D eigenvalue weighted by Gasteiger charge is -2.24. The van der Waals surface area contributed by atoms with Gasteiger partial charge in [0.2, 0.25) is 11.8 Å². The molecule has 18 heavy (non-hydrogen) atoms. The molecule has 1 aliphatic carbocycles. The minimum atomic E-state index is -0.108. The Balaban J connectivity index is 2.48. The maximum atomic E-state index is 12.2. The molecule has 0 radical (unpaired) electrons. The maximum absolute atomic E-state index is 12.2. The van der Waals surface area contributed by atoms with E-state index in [1.807, 2.05) is 13.8 Å². The molecule has 1 fully saturated rings. The first-order valence-electron chi connectivity index (χ1n) is 6.70. The van der Waals surface area contributed by atoms with Crippen LogP contribution in [0.1, 0.15) is 33.1 Å². The van der Waals surface area contributed by atoms with E-state index in [2.05, 4.69) is 5.32 Å². The minimum Gasteiger partial charge on any atom is -0.352 e. The van der Waals surface area contributed by atoms with Gasteiger partial charge in [0.15, 0.2) is 0 Å². The fourth-order valence-corrected chi connectivity index (χ4v) is 2.59. The number of nitrogens with one attached hydrogen (secondary N) is 1. The minimum absolute atomic E-state index is 0.00634. The van der Waals surface area contributed by atoms with Crippen LogP contribution >= 0.6 is 0 Å². The standard InChI is InChI=1S/C13H25N3O2/c1-9(2)15-12(17)8-16(3)13(18)11-6-4-5-10(11)7-14/h9-11H,4-8,14H2,1-3H3,(H,15,17)/t10-,11-/m1/s1. The van der Waals surface area contributed by atoms with Crippen molar-refractivity contribution in [3.8, 4) is 0 Å². The van der Waals surface area contributed by atoms with Crippen molar-refractivity contribution in [3.63, 3.8) is 0 Å². The molecule has 2 atom stereocenters. The Morgan fingerprint density at radius 2 is 2.06 bits per heavy atom. The van der Waals surface area contributed by atoms with Gasteiger partial charge in [-0.3, -0.25) is 9.59 Å². The molecule has 0 heterocycles. The summed E-state index contributed by atoms with van der Waals surface area (Å²) in [6.45, 7) is 4.50. The summed E-state index contributed by atoms with van der Waals surface area (Å²) in [4.78, 5) is 25.4. The van der Waals surface area contributed by atoms with Gasteiger partial charge in [0.1, 0.15) is 0 Å². The van der Waals surface area contributed by atoms with Crippen molar-refractivity contribution in [2.45, 2.75) is 39.2 Å². The molecule has 5 heteroatoms. The zero-order valence-corrected chi connectivity index (χ0v) is 11.6. The third kappa shape index (κ3) is 3.98. The van der Waals surface area contributed by atoms with Crippen LogP contribution in [-0.4, -0.2) is 42.9 Å². The molecule has 0 aromatic carbocycles.